The van der Waals surface area contributed by atoms with E-state index in [0.717, 1.165) is 37.5 Å². The van der Waals surface area contributed by atoms with Gasteiger partial charge in [0.2, 0.25) is 5.95 Å². The molecule has 3 aliphatic rings. The van der Waals surface area contributed by atoms with Gasteiger partial charge in [0.25, 0.3) is 15.8 Å². The van der Waals surface area contributed by atoms with E-state index < -0.39 is 10.2 Å². The Kier molecular flexibility index (Phi) is 6.88. The van der Waals surface area contributed by atoms with Crippen LogP contribution in [0.4, 0.5) is 5.95 Å². The molecular formula is C23H34N6O4S. The third-order valence-electron chi connectivity index (χ3n) is 7.46. The lowest BCUT2D eigenvalue weighted by Crippen LogP contribution is -2.48. The molecule has 1 aliphatic carbocycles. The molecular weight excluding hydrogens is 456 g/mol. The summed E-state index contributed by atoms with van der Waals surface area (Å²) in [7, 11) is -3.51. The van der Waals surface area contributed by atoms with Crippen LogP contribution in [0.25, 0.3) is 11.0 Å². The van der Waals surface area contributed by atoms with Gasteiger partial charge in [-0.15, -0.1) is 0 Å². The Bertz CT molecular complexity index is 1170. The molecule has 1 saturated carbocycles. The van der Waals surface area contributed by atoms with Crippen molar-refractivity contribution in [3.63, 3.8) is 0 Å². The fraction of sp³-hybridized carbons (Fsp3) is 0.696. The van der Waals surface area contributed by atoms with E-state index in [1.807, 2.05) is 4.57 Å². The molecule has 3 fully saturated rings. The van der Waals surface area contributed by atoms with Gasteiger partial charge in [-0.25, -0.2) is 4.98 Å². The Morgan fingerprint density at radius 2 is 1.94 bits per heavy atom. The van der Waals surface area contributed by atoms with E-state index in [2.05, 4.69) is 21.9 Å². The summed E-state index contributed by atoms with van der Waals surface area (Å²) in [6, 6.07) is 3.61. The number of nitrogens with zero attached hydrogens (tertiary/aromatic N) is 4. The average Bonchev–Trinajstić information content (AvgIpc) is 3.50. The molecule has 0 unspecified atom stereocenters. The van der Waals surface area contributed by atoms with Crippen molar-refractivity contribution in [2.45, 2.75) is 70.1 Å². The van der Waals surface area contributed by atoms with Crippen LogP contribution < -0.4 is 15.6 Å². The highest BCUT2D eigenvalue weighted by Gasteiger charge is 2.30. The number of aromatic nitrogens is 3. The zero-order valence-corrected chi connectivity index (χ0v) is 20.5. The highest BCUT2D eigenvalue weighted by molar-refractivity contribution is 7.87. The number of nitrogens with one attached hydrogen (secondary N) is 2. The van der Waals surface area contributed by atoms with Crippen molar-refractivity contribution in [2.75, 3.05) is 31.6 Å². The van der Waals surface area contributed by atoms with Gasteiger partial charge in [0.05, 0.1) is 6.10 Å². The number of fused-ring (bicyclic) bond motifs is 1. The second kappa shape index (κ2) is 9.88. The number of hydrogen-bond donors (Lipinski definition) is 2. The van der Waals surface area contributed by atoms with Crippen molar-refractivity contribution in [1.82, 2.24) is 23.6 Å². The van der Waals surface area contributed by atoms with Crippen LogP contribution in [0, 0.1) is 5.92 Å². The first-order valence-electron chi connectivity index (χ1n) is 12.4. The van der Waals surface area contributed by atoms with Gasteiger partial charge in [0, 0.05) is 56.0 Å². The molecule has 2 saturated heterocycles. The van der Waals surface area contributed by atoms with Crippen LogP contribution in [0.1, 0.15) is 57.9 Å². The maximum Gasteiger partial charge on any atom is 0.279 e. The van der Waals surface area contributed by atoms with Crippen LogP contribution >= 0.6 is 0 Å². The Morgan fingerprint density at radius 1 is 1.12 bits per heavy atom. The number of ether oxygens (including phenoxy) is 1. The Morgan fingerprint density at radius 3 is 2.65 bits per heavy atom. The minimum Gasteiger partial charge on any atom is -0.377 e. The van der Waals surface area contributed by atoms with Gasteiger partial charge in [0.1, 0.15) is 5.65 Å². The number of rotatable bonds is 7. The summed E-state index contributed by atoms with van der Waals surface area (Å²) >= 11 is 0. The molecule has 2 N–H and O–H groups in total. The van der Waals surface area contributed by atoms with Crippen molar-refractivity contribution >= 4 is 27.2 Å². The molecule has 0 radical (unpaired) electrons. The molecule has 0 spiro atoms. The first-order valence-corrected chi connectivity index (χ1v) is 13.9. The fourth-order valence-corrected chi connectivity index (χ4v) is 6.73. The number of piperidine rings is 1. The monoisotopic (exact) mass is 490 g/mol. The normalized spacial score (nSPS) is 26.9. The first kappa shape index (κ1) is 23.7. The van der Waals surface area contributed by atoms with Crippen molar-refractivity contribution in [3.8, 4) is 0 Å². The maximum atomic E-state index is 12.7. The van der Waals surface area contributed by atoms with Gasteiger partial charge >= 0.3 is 0 Å². The van der Waals surface area contributed by atoms with Crippen LogP contribution in [-0.4, -0.2) is 65.6 Å². The average molecular weight is 491 g/mol. The summed E-state index contributed by atoms with van der Waals surface area (Å²) in [5, 5.41) is 4.22. The van der Waals surface area contributed by atoms with Crippen molar-refractivity contribution in [2.24, 2.45) is 5.92 Å². The van der Waals surface area contributed by atoms with Crippen LogP contribution in [0.5, 0.6) is 0 Å². The molecule has 3 atom stereocenters. The first-order chi connectivity index (χ1) is 16.4. The Hall–Kier alpha value is -2.08. The molecule has 11 heteroatoms. The largest absolute Gasteiger partial charge is 0.377 e. The molecule has 0 bridgehead atoms. The van der Waals surface area contributed by atoms with Crippen LogP contribution in [0.2, 0.25) is 0 Å². The highest BCUT2D eigenvalue weighted by Crippen LogP contribution is 2.35. The van der Waals surface area contributed by atoms with E-state index in [1.54, 1.807) is 18.3 Å². The van der Waals surface area contributed by atoms with Crippen molar-refractivity contribution in [3.05, 3.63) is 28.7 Å². The lowest BCUT2D eigenvalue weighted by atomic mass is 10.1. The predicted molar refractivity (Wildman–Crippen MR) is 130 cm³/mol. The van der Waals surface area contributed by atoms with Gasteiger partial charge in [0.15, 0.2) is 0 Å². The summed E-state index contributed by atoms with van der Waals surface area (Å²) in [5.74, 6) is 0.921. The molecule has 2 aromatic heterocycles. The summed E-state index contributed by atoms with van der Waals surface area (Å²) < 4.78 is 36.9. The van der Waals surface area contributed by atoms with E-state index in [1.165, 1.54) is 4.31 Å². The maximum absolute atomic E-state index is 12.7. The lowest BCUT2D eigenvalue weighted by Gasteiger charge is -2.31. The smallest absolute Gasteiger partial charge is 0.279 e. The summed E-state index contributed by atoms with van der Waals surface area (Å²) in [4.78, 5) is 21.9. The molecule has 0 aromatic carbocycles. The van der Waals surface area contributed by atoms with Gasteiger partial charge in [-0.2, -0.15) is 22.4 Å². The number of hydrogen-bond acceptors (Lipinski definition) is 7. The van der Waals surface area contributed by atoms with E-state index in [0.29, 0.717) is 56.6 Å². The Labute approximate surface area is 200 Å². The summed E-state index contributed by atoms with van der Waals surface area (Å²) in [5.41, 5.74) is 0.645. The minimum absolute atomic E-state index is 0.0232. The molecule has 34 heavy (non-hydrogen) atoms. The van der Waals surface area contributed by atoms with Crippen molar-refractivity contribution in [1.29, 1.82) is 0 Å². The second-order valence-corrected chi connectivity index (χ2v) is 11.6. The van der Waals surface area contributed by atoms with Crippen molar-refractivity contribution < 1.29 is 13.2 Å². The van der Waals surface area contributed by atoms with Gasteiger partial charge < -0.3 is 10.1 Å². The van der Waals surface area contributed by atoms with Crippen LogP contribution in [-0.2, 0) is 14.9 Å². The third kappa shape index (κ3) is 4.98. The molecule has 186 valence electrons. The summed E-state index contributed by atoms with van der Waals surface area (Å²) in [6.07, 6.45) is 8.15. The summed E-state index contributed by atoms with van der Waals surface area (Å²) in [6.45, 7) is 4.08. The van der Waals surface area contributed by atoms with Gasteiger partial charge in [-0.3, -0.25) is 9.36 Å². The highest BCUT2D eigenvalue weighted by atomic mass is 32.2. The third-order valence-corrected chi connectivity index (χ3v) is 9.04. The predicted octanol–water partition coefficient (Wildman–Crippen LogP) is 2.04. The molecule has 4 heterocycles. The Balaban J connectivity index is 1.24. The van der Waals surface area contributed by atoms with E-state index >= 15 is 0 Å². The molecule has 0 amide bonds. The zero-order chi connectivity index (χ0) is 23.7. The molecule has 5 rings (SSSR count). The van der Waals surface area contributed by atoms with Crippen LogP contribution in [0.3, 0.4) is 0 Å². The van der Waals surface area contributed by atoms with E-state index in [-0.39, 0.29) is 23.7 Å². The zero-order valence-electron chi connectivity index (χ0n) is 19.6. The van der Waals surface area contributed by atoms with Gasteiger partial charge in [-0.05, 0) is 50.5 Å². The quantitative estimate of drug-likeness (QED) is 0.610. The van der Waals surface area contributed by atoms with Crippen LogP contribution in [0.15, 0.2) is 23.1 Å². The van der Waals surface area contributed by atoms with E-state index in [4.69, 9.17) is 9.72 Å². The molecule has 10 nitrogen and oxygen atoms in total. The van der Waals surface area contributed by atoms with E-state index in [9.17, 15) is 13.2 Å². The fourth-order valence-electron chi connectivity index (χ4n) is 5.46. The SMILES string of the molecule is C[C@H]1CCC[C@H]1n1c(=O)ccc2cnc(NC3CCN(S(=O)(=O)NC[C@H]4CCCO4)CC3)nc21. The molecule has 2 aromatic rings. The minimum atomic E-state index is -3.51. The molecule has 2 aliphatic heterocycles. The topological polar surface area (TPSA) is 118 Å². The standard InChI is InChI=1S/C23H34N6O4S/c1-16-4-2-6-20(16)29-21(30)8-7-17-14-24-23(27-22(17)29)26-18-9-11-28(12-10-18)34(31,32)25-15-19-5-3-13-33-19/h7-8,14,16,18-20,25H,2-6,9-13,15H2,1H3,(H,24,26,27)/t16-,19+,20+/m0/s1. The number of pyridine rings is 1. The van der Waals surface area contributed by atoms with Gasteiger partial charge in [-0.1, -0.05) is 13.3 Å². The lowest BCUT2D eigenvalue weighted by molar-refractivity contribution is 0.114. The second-order valence-electron chi connectivity index (χ2n) is 9.80. The number of anilines is 1.